The molecular formula is C11H18N4O3. The molecule has 0 spiro atoms. The molecule has 2 rings (SSSR count). The van der Waals surface area contributed by atoms with Crippen molar-refractivity contribution in [1.82, 2.24) is 20.2 Å². The molecule has 1 N–H and O–H groups in total. The fourth-order valence-corrected chi connectivity index (χ4v) is 2.01. The molecule has 18 heavy (non-hydrogen) atoms. The highest BCUT2D eigenvalue weighted by Gasteiger charge is 2.31. The van der Waals surface area contributed by atoms with Gasteiger partial charge in [0, 0.05) is 19.1 Å². The largest absolute Gasteiger partial charge is 0.481 e. The van der Waals surface area contributed by atoms with E-state index in [1.807, 2.05) is 0 Å². The smallest absolute Gasteiger partial charge is 0.310 e. The van der Waals surface area contributed by atoms with E-state index in [0.717, 1.165) is 18.7 Å². The molecule has 7 nitrogen and oxygen atoms in total. The van der Waals surface area contributed by atoms with E-state index in [4.69, 9.17) is 9.84 Å². The van der Waals surface area contributed by atoms with E-state index in [0.29, 0.717) is 13.2 Å². The molecule has 0 bridgehead atoms. The van der Waals surface area contributed by atoms with Crippen molar-refractivity contribution < 1.29 is 14.6 Å². The van der Waals surface area contributed by atoms with E-state index in [2.05, 4.69) is 15.5 Å². The number of carboxylic acids is 1. The van der Waals surface area contributed by atoms with Crippen LogP contribution in [-0.4, -0.2) is 44.5 Å². The first-order valence-corrected chi connectivity index (χ1v) is 6.08. The van der Waals surface area contributed by atoms with Crippen LogP contribution in [0.25, 0.3) is 0 Å². The summed E-state index contributed by atoms with van der Waals surface area (Å²) < 4.78 is 6.92. The monoisotopic (exact) mass is 254 g/mol. The summed E-state index contributed by atoms with van der Waals surface area (Å²) in [5.41, 5.74) is -0.880. The molecule has 1 aromatic rings. The van der Waals surface area contributed by atoms with E-state index >= 15 is 0 Å². The van der Waals surface area contributed by atoms with Gasteiger partial charge in [-0.2, -0.15) is 0 Å². The third kappa shape index (κ3) is 2.66. The molecule has 2 heterocycles. The number of aliphatic carboxylic acids is 1. The maximum absolute atomic E-state index is 11.1. The van der Waals surface area contributed by atoms with E-state index in [-0.39, 0.29) is 12.5 Å². The van der Waals surface area contributed by atoms with Crippen LogP contribution in [0.3, 0.4) is 0 Å². The molecule has 1 aliphatic rings. The Morgan fingerprint density at radius 3 is 2.78 bits per heavy atom. The normalized spacial score (nSPS) is 17.9. The second-order valence-corrected chi connectivity index (χ2v) is 5.27. The Hall–Kier alpha value is -1.50. The predicted octanol–water partition coefficient (Wildman–Crippen LogP) is 0.678. The molecule has 0 unspecified atom stereocenters. The highest BCUT2D eigenvalue weighted by Crippen LogP contribution is 2.26. The number of hydrogen-bond donors (Lipinski definition) is 1. The first-order valence-electron chi connectivity index (χ1n) is 6.08. The topological polar surface area (TPSA) is 90.1 Å². The number of carbonyl (C=O) groups is 1. The highest BCUT2D eigenvalue weighted by atomic mass is 16.5. The van der Waals surface area contributed by atoms with Gasteiger partial charge in [-0.3, -0.25) is 4.79 Å². The molecule has 1 aromatic heterocycles. The first kappa shape index (κ1) is 12.9. The van der Waals surface area contributed by atoms with Gasteiger partial charge in [-0.25, -0.2) is 4.68 Å². The molecule has 0 radical (unpaired) electrons. The summed E-state index contributed by atoms with van der Waals surface area (Å²) in [6.45, 7) is 5.04. The summed E-state index contributed by atoms with van der Waals surface area (Å²) >= 11 is 0. The molecule has 1 saturated heterocycles. The van der Waals surface area contributed by atoms with Gasteiger partial charge >= 0.3 is 5.97 Å². The number of carboxylic acid groups (broad SMARTS) is 1. The van der Waals surface area contributed by atoms with E-state index in [1.54, 1.807) is 18.5 Å². The van der Waals surface area contributed by atoms with Crippen molar-refractivity contribution in [2.75, 3.05) is 13.2 Å². The number of nitrogens with zero attached hydrogens (tertiary/aromatic N) is 4. The fourth-order valence-electron chi connectivity index (χ4n) is 2.01. The van der Waals surface area contributed by atoms with Crippen molar-refractivity contribution in [3.8, 4) is 0 Å². The van der Waals surface area contributed by atoms with Gasteiger partial charge in [0.05, 0.1) is 12.0 Å². The molecule has 0 aliphatic carbocycles. The predicted molar refractivity (Wildman–Crippen MR) is 62.0 cm³/mol. The molecule has 0 atom stereocenters. The minimum Gasteiger partial charge on any atom is -0.481 e. The van der Waals surface area contributed by atoms with Gasteiger partial charge in [-0.1, -0.05) is 0 Å². The third-order valence-electron chi connectivity index (χ3n) is 3.27. The molecule has 0 amide bonds. The molecular weight excluding hydrogens is 236 g/mol. The van der Waals surface area contributed by atoms with Gasteiger partial charge < -0.3 is 9.84 Å². The van der Waals surface area contributed by atoms with Crippen molar-refractivity contribution in [3.63, 3.8) is 0 Å². The van der Waals surface area contributed by atoms with E-state index in [1.165, 1.54) is 0 Å². The number of hydrogen-bond acceptors (Lipinski definition) is 5. The zero-order valence-corrected chi connectivity index (χ0v) is 10.7. The van der Waals surface area contributed by atoms with Crippen LogP contribution < -0.4 is 0 Å². The minimum atomic E-state index is -0.880. The zero-order valence-electron chi connectivity index (χ0n) is 10.7. The molecule has 100 valence electrons. The Kier molecular flexibility index (Phi) is 3.60. The molecule has 0 aromatic carbocycles. The lowest BCUT2D eigenvalue weighted by Gasteiger charge is -2.23. The van der Waals surface area contributed by atoms with Crippen LogP contribution in [-0.2, 0) is 16.1 Å². The van der Waals surface area contributed by atoms with Crippen LogP contribution in [0.5, 0.6) is 0 Å². The second kappa shape index (κ2) is 5.01. The van der Waals surface area contributed by atoms with E-state index in [9.17, 15) is 4.79 Å². The quantitative estimate of drug-likeness (QED) is 0.849. The van der Waals surface area contributed by atoms with Gasteiger partial charge in [0.1, 0.15) is 0 Å². The van der Waals surface area contributed by atoms with Crippen molar-refractivity contribution in [3.05, 3.63) is 5.82 Å². The number of rotatable bonds is 4. The second-order valence-electron chi connectivity index (χ2n) is 5.27. The molecule has 7 heteroatoms. The number of aromatic nitrogens is 4. The maximum Gasteiger partial charge on any atom is 0.310 e. The van der Waals surface area contributed by atoms with E-state index < -0.39 is 11.4 Å². The Bertz CT molecular complexity index is 424. The fraction of sp³-hybridized carbons (Fsp3) is 0.818. The Balaban J connectivity index is 2.14. The Morgan fingerprint density at radius 1 is 1.50 bits per heavy atom. The van der Waals surface area contributed by atoms with Crippen molar-refractivity contribution >= 4 is 5.97 Å². The SMILES string of the molecule is CC(C)(Cn1nnnc1C1CCOCC1)C(=O)O. The lowest BCUT2D eigenvalue weighted by molar-refractivity contribution is -0.147. The van der Waals surface area contributed by atoms with Gasteiger partial charge in [-0.05, 0) is 37.1 Å². The summed E-state index contributed by atoms with van der Waals surface area (Å²) in [5, 5.41) is 20.8. The summed E-state index contributed by atoms with van der Waals surface area (Å²) in [5.74, 6) is 0.182. The summed E-state index contributed by atoms with van der Waals surface area (Å²) in [4.78, 5) is 11.1. The summed E-state index contributed by atoms with van der Waals surface area (Å²) in [7, 11) is 0. The standard InChI is InChI=1S/C11H18N4O3/c1-11(2,10(16)17)7-15-9(12-13-14-15)8-3-5-18-6-4-8/h8H,3-7H2,1-2H3,(H,16,17). The lowest BCUT2D eigenvalue weighted by Crippen LogP contribution is -2.31. The zero-order chi connectivity index (χ0) is 13.2. The van der Waals surface area contributed by atoms with Gasteiger partial charge in [0.15, 0.2) is 5.82 Å². The van der Waals surface area contributed by atoms with Crippen LogP contribution in [0.2, 0.25) is 0 Å². The average molecular weight is 254 g/mol. The van der Waals surface area contributed by atoms with Crippen LogP contribution in [0.1, 0.15) is 38.4 Å². The van der Waals surface area contributed by atoms with Crippen molar-refractivity contribution in [2.24, 2.45) is 5.41 Å². The Labute approximate surface area is 105 Å². The average Bonchev–Trinajstić information content (AvgIpc) is 2.77. The lowest BCUT2D eigenvalue weighted by atomic mass is 9.93. The van der Waals surface area contributed by atoms with Gasteiger partial charge in [-0.15, -0.1) is 5.10 Å². The Morgan fingerprint density at radius 2 is 2.17 bits per heavy atom. The number of tetrazole rings is 1. The summed E-state index contributed by atoms with van der Waals surface area (Å²) in [6.07, 6.45) is 1.77. The maximum atomic E-state index is 11.1. The van der Waals surface area contributed by atoms with Crippen molar-refractivity contribution in [2.45, 2.75) is 39.2 Å². The van der Waals surface area contributed by atoms with Crippen LogP contribution in [0.15, 0.2) is 0 Å². The van der Waals surface area contributed by atoms with Crippen LogP contribution in [0.4, 0.5) is 0 Å². The number of ether oxygens (including phenoxy) is 1. The van der Waals surface area contributed by atoms with Gasteiger partial charge in [0.2, 0.25) is 0 Å². The van der Waals surface area contributed by atoms with Gasteiger partial charge in [0.25, 0.3) is 0 Å². The summed E-state index contributed by atoms with van der Waals surface area (Å²) in [6, 6.07) is 0. The molecule has 1 fully saturated rings. The van der Waals surface area contributed by atoms with Crippen LogP contribution in [0, 0.1) is 5.41 Å². The van der Waals surface area contributed by atoms with Crippen LogP contribution >= 0.6 is 0 Å². The molecule has 1 aliphatic heterocycles. The first-order chi connectivity index (χ1) is 8.50. The van der Waals surface area contributed by atoms with Crippen molar-refractivity contribution in [1.29, 1.82) is 0 Å². The highest BCUT2D eigenvalue weighted by molar-refractivity contribution is 5.73. The minimum absolute atomic E-state index is 0.262. The third-order valence-corrected chi connectivity index (χ3v) is 3.27. The molecule has 0 saturated carbocycles.